The molecule has 2 aliphatic heterocycles. The molecule has 1 aromatic rings. The Morgan fingerprint density at radius 1 is 1.17 bits per heavy atom. The summed E-state index contributed by atoms with van der Waals surface area (Å²) in [5.41, 5.74) is 1.24. The minimum atomic E-state index is 0.0375. The number of pyridine rings is 1. The van der Waals surface area contributed by atoms with Crippen LogP contribution in [0.15, 0.2) is 24.5 Å². The molecule has 3 heterocycles. The van der Waals surface area contributed by atoms with Crippen LogP contribution in [0.3, 0.4) is 0 Å². The molecule has 0 N–H and O–H groups in total. The highest BCUT2D eigenvalue weighted by atomic mass is 16.2. The topological polar surface area (TPSA) is 39.7 Å². The Bertz CT molecular complexity index is 515. The maximum absolute atomic E-state index is 13.0. The number of nitrogens with zero attached hydrogens (tertiary/aromatic N) is 4. The first-order valence-electron chi connectivity index (χ1n) is 9.34. The number of amides is 1. The van der Waals surface area contributed by atoms with E-state index in [0.29, 0.717) is 5.91 Å². The normalized spacial score (nSPS) is 22.6. The first-order chi connectivity index (χ1) is 11.7. The van der Waals surface area contributed by atoms with Crippen molar-refractivity contribution in [1.82, 2.24) is 19.7 Å². The van der Waals surface area contributed by atoms with Crippen molar-refractivity contribution in [2.75, 3.05) is 39.8 Å². The zero-order valence-electron chi connectivity index (χ0n) is 14.9. The Morgan fingerprint density at radius 2 is 1.88 bits per heavy atom. The van der Waals surface area contributed by atoms with Gasteiger partial charge < -0.3 is 9.80 Å². The van der Waals surface area contributed by atoms with E-state index < -0.39 is 0 Å². The predicted molar refractivity (Wildman–Crippen MR) is 95.6 cm³/mol. The van der Waals surface area contributed by atoms with Crippen molar-refractivity contribution in [3.63, 3.8) is 0 Å². The molecule has 1 amide bonds. The Balaban J connectivity index is 1.55. The van der Waals surface area contributed by atoms with Crippen molar-refractivity contribution in [2.24, 2.45) is 0 Å². The maximum Gasteiger partial charge on any atom is 0.239 e. The molecule has 1 aromatic heterocycles. The number of carbonyl (C=O) groups excluding carboxylic acids is 1. The molecule has 0 spiro atoms. The number of hydrogen-bond acceptors (Lipinski definition) is 4. The minimum absolute atomic E-state index is 0.0375. The van der Waals surface area contributed by atoms with Gasteiger partial charge in [0, 0.05) is 39.1 Å². The average Bonchev–Trinajstić information content (AvgIpc) is 3.14. The van der Waals surface area contributed by atoms with E-state index >= 15 is 0 Å². The van der Waals surface area contributed by atoms with E-state index in [1.54, 1.807) is 0 Å². The summed E-state index contributed by atoms with van der Waals surface area (Å²) < 4.78 is 0. The van der Waals surface area contributed by atoms with E-state index in [2.05, 4.69) is 14.8 Å². The fourth-order valence-corrected chi connectivity index (χ4v) is 3.84. The van der Waals surface area contributed by atoms with Gasteiger partial charge in [-0.3, -0.25) is 14.7 Å². The molecular formula is C19H30N4O. The van der Waals surface area contributed by atoms with Crippen LogP contribution in [0.4, 0.5) is 0 Å². The molecule has 2 aliphatic rings. The van der Waals surface area contributed by atoms with Gasteiger partial charge in [0.05, 0.1) is 6.04 Å². The fraction of sp³-hybridized carbons (Fsp3) is 0.684. The second-order valence-corrected chi connectivity index (χ2v) is 7.15. The molecule has 0 saturated carbocycles. The van der Waals surface area contributed by atoms with Crippen molar-refractivity contribution in [3.8, 4) is 0 Å². The summed E-state index contributed by atoms with van der Waals surface area (Å²) in [6.07, 6.45) is 9.60. The van der Waals surface area contributed by atoms with E-state index in [1.807, 2.05) is 36.5 Å². The van der Waals surface area contributed by atoms with Crippen LogP contribution in [0.1, 0.15) is 37.7 Å². The predicted octanol–water partition coefficient (Wildman–Crippen LogP) is 1.99. The number of aromatic nitrogens is 1. The lowest BCUT2D eigenvalue weighted by molar-refractivity contribution is -0.137. The van der Waals surface area contributed by atoms with Crippen LogP contribution in [0.25, 0.3) is 0 Å². The molecule has 0 bridgehead atoms. The summed E-state index contributed by atoms with van der Waals surface area (Å²) in [5, 5.41) is 0. The lowest BCUT2D eigenvalue weighted by Gasteiger charge is -2.37. The molecule has 3 rings (SSSR count). The summed E-state index contributed by atoms with van der Waals surface area (Å²) in [6.45, 7) is 6.11. The molecule has 0 unspecified atom stereocenters. The van der Waals surface area contributed by atoms with Crippen molar-refractivity contribution in [1.29, 1.82) is 0 Å². The van der Waals surface area contributed by atoms with Gasteiger partial charge in [-0.15, -0.1) is 0 Å². The highest BCUT2D eigenvalue weighted by Gasteiger charge is 2.30. The molecule has 5 heteroatoms. The van der Waals surface area contributed by atoms with E-state index in [9.17, 15) is 4.79 Å². The third-order valence-corrected chi connectivity index (χ3v) is 5.36. The summed E-state index contributed by atoms with van der Waals surface area (Å²) in [6, 6.07) is 4.14. The van der Waals surface area contributed by atoms with Crippen LogP contribution in [-0.2, 0) is 11.3 Å². The van der Waals surface area contributed by atoms with Crippen LogP contribution in [0.2, 0.25) is 0 Å². The zero-order valence-corrected chi connectivity index (χ0v) is 14.9. The van der Waals surface area contributed by atoms with Crippen molar-refractivity contribution < 1.29 is 4.79 Å². The molecule has 1 atom stereocenters. The van der Waals surface area contributed by atoms with Crippen LogP contribution >= 0.6 is 0 Å². The summed E-state index contributed by atoms with van der Waals surface area (Å²) in [5.74, 6) is 0.294. The highest BCUT2D eigenvalue weighted by Crippen LogP contribution is 2.21. The summed E-state index contributed by atoms with van der Waals surface area (Å²) in [7, 11) is 1.97. The van der Waals surface area contributed by atoms with Gasteiger partial charge in [0.2, 0.25) is 5.91 Å². The van der Waals surface area contributed by atoms with E-state index in [-0.39, 0.29) is 6.04 Å². The fourth-order valence-electron chi connectivity index (χ4n) is 3.84. The molecule has 2 saturated heterocycles. The van der Waals surface area contributed by atoms with Crippen LogP contribution < -0.4 is 0 Å². The first-order valence-corrected chi connectivity index (χ1v) is 9.34. The Labute approximate surface area is 145 Å². The average molecular weight is 330 g/mol. The van der Waals surface area contributed by atoms with Gasteiger partial charge in [-0.2, -0.15) is 0 Å². The summed E-state index contributed by atoms with van der Waals surface area (Å²) in [4.78, 5) is 23.8. The second-order valence-electron chi connectivity index (χ2n) is 7.15. The molecular weight excluding hydrogens is 300 g/mol. The van der Waals surface area contributed by atoms with Gasteiger partial charge in [0.1, 0.15) is 0 Å². The van der Waals surface area contributed by atoms with Gasteiger partial charge in [0.15, 0.2) is 0 Å². The van der Waals surface area contributed by atoms with Crippen molar-refractivity contribution in [3.05, 3.63) is 30.1 Å². The largest absolute Gasteiger partial charge is 0.343 e. The van der Waals surface area contributed by atoms with E-state index in [1.165, 1.54) is 37.9 Å². The van der Waals surface area contributed by atoms with Gasteiger partial charge in [-0.25, -0.2) is 0 Å². The molecule has 2 fully saturated rings. The number of likely N-dealkylation sites (tertiary alicyclic amines) is 2. The van der Waals surface area contributed by atoms with Gasteiger partial charge in [0.25, 0.3) is 0 Å². The molecule has 132 valence electrons. The molecule has 0 aromatic carbocycles. The molecule has 0 radical (unpaired) electrons. The minimum Gasteiger partial charge on any atom is -0.343 e. The van der Waals surface area contributed by atoms with Crippen LogP contribution in [-0.4, -0.2) is 71.4 Å². The third-order valence-electron chi connectivity index (χ3n) is 5.36. The molecule has 0 aliphatic carbocycles. The van der Waals surface area contributed by atoms with Crippen molar-refractivity contribution in [2.45, 2.75) is 44.7 Å². The van der Waals surface area contributed by atoms with Gasteiger partial charge >= 0.3 is 0 Å². The van der Waals surface area contributed by atoms with Crippen LogP contribution in [0.5, 0.6) is 0 Å². The van der Waals surface area contributed by atoms with Gasteiger partial charge in [-0.05, 0) is 63.0 Å². The number of piperidine rings is 1. The quantitative estimate of drug-likeness (QED) is 0.800. The SMILES string of the molecule is CN(CCN1CCCC1)C(=O)[C@H]1CCCCN1Cc1ccncc1. The van der Waals surface area contributed by atoms with Crippen LogP contribution in [0, 0.1) is 0 Å². The Morgan fingerprint density at radius 3 is 2.62 bits per heavy atom. The van der Waals surface area contributed by atoms with Crippen molar-refractivity contribution >= 4 is 5.91 Å². The Kier molecular flexibility index (Phi) is 6.21. The van der Waals surface area contributed by atoms with E-state index in [4.69, 9.17) is 0 Å². The third kappa shape index (κ3) is 4.54. The number of carbonyl (C=O) groups is 1. The van der Waals surface area contributed by atoms with E-state index in [0.717, 1.165) is 39.0 Å². The number of rotatable bonds is 6. The van der Waals surface area contributed by atoms with Gasteiger partial charge in [-0.1, -0.05) is 6.42 Å². The number of likely N-dealkylation sites (N-methyl/N-ethyl adjacent to an activating group) is 1. The zero-order chi connectivity index (χ0) is 16.8. The second kappa shape index (κ2) is 8.58. The molecule has 5 nitrogen and oxygen atoms in total. The molecule has 24 heavy (non-hydrogen) atoms. The summed E-state index contributed by atoms with van der Waals surface area (Å²) >= 11 is 0. The number of hydrogen-bond donors (Lipinski definition) is 0. The Hall–Kier alpha value is -1.46. The monoisotopic (exact) mass is 330 g/mol. The standard InChI is InChI=1S/C19H30N4O/c1-21(14-15-22-11-4-5-12-22)19(24)18-6-2-3-13-23(18)16-17-7-9-20-10-8-17/h7-10,18H,2-6,11-16H2,1H3/t18-/m1/s1. The maximum atomic E-state index is 13.0. The highest BCUT2D eigenvalue weighted by molar-refractivity contribution is 5.81. The lowest BCUT2D eigenvalue weighted by Crippen LogP contribution is -2.50. The lowest BCUT2D eigenvalue weighted by atomic mass is 10.00. The first kappa shape index (κ1) is 17.4. The smallest absolute Gasteiger partial charge is 0.239 e.